The number of aromatic hydroxyl groups is 1. The summed E-state index contributed by atoms with van der Waals surface area (Å²) in [5, 5.41) is 17.9. The fourth-order valence-electron chi connectivity index (χ4n) is 2.59. The van der Waals surface area contributed by atoms with E-state index in [9.17, 15) is 14.3 Å². The van der Waals surface area contributed by atoms with Crippen molar-refractivity contribution in [2.45, 2.75) is 0 Å². The highest BCUT2D eigenvalue weighted by atomic mass is 19.1. The SMILES string of the molecule is O=Cc1cc(-c2cnn(-c3ccc(-n4cncn4)cc3)c2)cc(F)c1O. The second-order valence-corrected chi connectivity index (χ2v) is 5.54. The van der Waals surface area contributed by atoms with Gasteiger partial charge in [-0.05, 0) is 42.0 Å². The summed E-state index contributed by atoms with van der Waals surface area (Å²) >= 11 is 0. The summed E-state index contributed by atoms with van der Waals surface area (Å²) in [5.41, 5.74) is 2.62. The van der Waals surface area contributed by atoms with Crippen LogP contribution in [0.4, 0.5) is 4.39 Å². The third kappa shape index (κ3) is 2.73. The molecular formula is C18H12FN5O2. The number of nitrogens with zero attached hydrogens (tertiary/aromatic N) is 5. The minimum atomic E-state index is -0.852. The molecule has 0 spiro atoms. The zero-order valence-electron chi connectivity index (χ0n) is 13.3. The molecular weight excluding hydrogens is 337 g/mol. The van der Waals surface area contributed by atoms with Gasteiger partial charge in [0, 0.05) is 11.8 Å². The fraction of sp³-hybridized carbons (Fsp3) is 0. The van der Waals surface area contributed by atoms with Crippen molar-refractivity contribution in [3.05, 3.63) is 72.8 Å². The van der Waals surface area contributed by atoms with Crippen molar-refractivity contribution in [3.8, 4) is 28.3 Å². The van der Waals surface area contributed by atoms with Crippen LogP contribution in [0.1, 0.15) is 10.4 Å². The molecule has 0 saturated heterocycles. The summed E-state index contributed by atoms with van der Waals surface area (Å²) in [6.07, 6.45) is 6.74. The van der Waals surface area contributed by atoms with E-state index in [0.717, 1.165) is 17.4 Å². The Bertz CT molecular complexity index is 1070. The van der Waals surface area contributed by atoms with Gasteiger partial charge in [-0.2, -0.15) is 10.2 Å². The molecule has 0 unspecified atom stereocenters. The molecule has 0 amide bonds. The normalized spacial score (nSPS) is 10.8. The van der Waals surface area contributed by atoms with Crippen molar-refractivity contribution in [2.75, 3.05) is 0 Å². The molecule has 8 heteroatoms. The highest BCUT2D eigenvalue weighted by Crippen LogP contribution is 2.28. The molecule has 0 radical (unpaired) electrons. The molecule has 4 aromatic rings. The summed E-state index contributed by atoms with van der Waals surface area (Å²) in [6, 6.07) is 10.0. The van der Waals surface area contributed by atoms with Crippen LogP contribution >= 0.6 is 0 Å². The van der Waals surface area contributed by atoms with Gasteiger partial charge < -0.3 is 5.11 Å². The average Bonchev–Trinajstić information content (AvgIpc) is 3.36. The van der Waals surface area contributed by atoms with Gasteiger partial charge in [-0.1, -0.05) is 0 Å². The van der Waals surface area contributed by atoms with Gasteiger partial charge >= 0.3 is 0 Å². The van der Waals surface area contributed by atoms with Crippen LogP contribution in [0, 0.1) is 5.82 Å². The van der Waals surface area contributed by atoms with Crippen LogP contribution in [0.15, 0.2) is 61.4 Å². The molecule has 0 saturated carbocycles. The summed E-state index contributed by atoms with van der Waals surface area (Å²) in [6.45, 7) is 0. The van der Waals surface area contributed by atoms with E-state index in [2.05, 4.69) is 15.2 Å². The number of rotatable bonds is 4. The van der Waals surface area contributed by atoms with E-state index in [0.29, 0.717) is 17.4 Å². The van der Waals surface area contributed by atoms with Gasteiger partial charge in [0.05, 0.1) is 23.1 Å². The quantitative estimate of drug-likeness (QED) is 0.573. The molecule has 0 atom stereocenters. The second kappa shape index (κ2) is 6.25. The van der Waals surface area contributed by atoms with E-state index in [-0.39, 0.29) is 5.56 Å². The minimum Gasteiger partial charge on any atom is -0.504 e. The minimum absolute atomic E-state index is 0.107. The molecule has 26 heavy (non-hydrogen) atoms. The summed E-state index contributed by atoms with van der Waals surface area (Å²) in [5.74, 6) is -1.51. The van der Waals surface area contributed by atoms with Crippen molar-refractivity contribution in [3.63, 3.8) is 0 Å². The van der Waals surface area contributed by atoms with Crippen molar-refractivity contribution in [1.82, 2.24) is 24.5 Å². The first-order valence-electron chi connectivity index (χ1n) is 7.64. The Kier molecular flexibility index (Phi) is 3.77. The van der Waals surface area contributed by atoms with Crippen molar-refractivity contribution < 1.29 is 14.3 Å². The predicted molar refractivity (Wildman–Crippen MR) is 90.9 cm³/mol. The van der Waals surface area contributed by atoms with Crippen LogP contribution in [0.25, 0.3) is 22.5 Å². The highest BCUT2D eigenvalue weighted by molar-refractivity contribution is 5.82. The van der Waals surface area contributed by atoms with E-state index in [4.69, 9.17) is 0 Å². The summed E-state index contributed by atoms with van der Waals surface area (Å²) in [7, 11) is 0. The molecule has 4 rings (SSSR count). The number of hydrogen-bond acceptors (Lipinski definition) is 5. The smallest absolute Gasteiger partial charge is 0.166 e. The molecule has 2 heterocycles. The molecule has 7 nitrogen and oxygen atoms in total. The molecule has 1 N–H and O–H groups in total. The zero-order chi connectivity index (χ0) is 18.1. The van der Waals surface area contributed by atoms with Crippen LogP contribution in [0.3, 0.4) is 0 Å². The Balaban J connectivity index is 1.66. The van der Waals surface area contributed by atoms with Crippen LogP contribution in [0.5, 0.6) is 5.75 Å². The Morgan fingerprint density at radius 1 is 1.00 bits per heavy atom. The van der Waals surface area contributed by atoms with Gasteiger partial charge in [-0.3, -0.25) is 4.79 Å². The number of carbonyl (C=O) groups excluding carboxylic acids is 1. The zero-order valence-corrected chi connectivity index (χ0v) is 13.3. The maximum Gasteiger partial charge on any atom is 0.166 e. The number of phenolic OH excluding ortho intramolecular Hbond substituents is 1. The monoisotopic (exact) mass is 349 g/mol. The average molecular weight is 349 g/mol. The molecule has 0 aliphatic heterocycles. The van der Waals surface area contributed by atoms with Crippen LogP contribution < -0.4 is 0 Å². The van der Waals surface area contributed by atoms with E-state index >= 15 is 0 Å². The van der Waals surface area contributed by atoms with E-state index in [1.54, 1.807) is 28.1 Å². The van der Waals surface area contributed by atoms with E-state index in [1.165, 1.54) is 12.4 Å². The van der Waals surface area contributed by atoms with Gasteiger partial charge in [0.25, 0.3) is 0 Å². The first-order valence-corrected chi connectivity index (χ1v) is 7.64. The fourth-order valence-corrected chi connectivity index (χ4v) is 2.59. The topological polar surface area (TPSA) is 85.8 Å². The lowest BCUT2D eigenvalue weighted by Crippen LogP contribution is -1.97. The third-order valence-electron chi connectivity index (χ3n) is 3.93. The van der Waals surface area contributed by atoms with E-state index < -0.39 is 11.6 Å². The standard InChI is InChI=1S/C18H12FN5O2/c19-17-6-12(5-13(9-25)18(17)26)14-7-21-23(8-14)15-1-3-16(4-2-15)24-11-20-10-22-24/h1-11,26H. The maximum absolute atomic E-state index is 13.8. The maximum atomic E-state index is 13.8. The molecule has 0 aliphatic carbocycles. The van der Waals surface area contributed by atoms with Gasteiger partial charge in [0.1, 0.15) is 12.7 Å². The number of phenols is 1. The summed E-state index contributed by atoms with van der Waals surface area (Å²) < 4.78 is 17.0. The number of aldehydes is 1. The van der Waals surface area contributed by atoms with Crippen LogP contribution in [-0.2, 0) is 0 Å². The number of aromatic nitrogens is 5. The number of halogens is 1. The van der Waals surface area contributed by atoms with Crippen molar-refractivity contribution in [2.24, 2.45) is 0 Å². The lowest BCUT2D eigenvalue weighted by molar-refractivity contribution is 0.112. The van der Waals surface area contributed by atoms with Crippen molar-refractivity contribution in [1.29, 1.82) is 0 Å². The first kappa shape index (κ1) is 15.7. The lowest BCUT2D eigenvalue weighted by Gasteiger charge is -2.04. The molecule has 2 aromatic heterocycles. The highest BCUT2D eigenvalue weighted by Gasteiger charge is 2.12. The Morgan fingerprint density at radius 3 is 2.38 bits per heavy atom. The largest absolute Gasteiger partial charge is 0.504 e. The Hall–Kier alpha value is -3.81. The summed E-state index contributed by atoms with van der Waals surface area (Å²) in [4.78, 5) is 14.9. The number of carbonyl (C=O) groups is 1. The molecule has 0 fully saturated rings. The number of benzene rings is 2. The lowest BCUT2D eigenvalue weighted by atomic mass is 10.1. The molecule has 2 aromatic carbocycles. The molecule has 0 aliphatic rings. The van der Waals surface area contributed by atoms with Gasteiger partial charge in [0.15, 0.2) is 17.9 Å². The first-order chi connectivity index (χ1) is 12.7. The molecule has 0 bridgehead atoms. The third-order valence-corrected chi connectivity index (χ3v) is 3.93. The van der Waals surface area contributed by atoms with Crippen LogP contribution in [0.2, 0.25) is 0 Å². The predicted octanol–water partition coefficient (Wildman–Crippen LogP) is 2.78. The molecule has 128 valence electrons. The van der Waals surface area contributed by atoms with Gasteiger partial charge in [-0.25, -0.2) is 18.7 Å². The second-order valence-electron chi connectivity index (χ2n) is 5.54. The van der Waals surface area contributed by atoms with Crippen LogP contribution in [-0.4, -0.2) is 35.9 Å². The van der Waals surface area contributed by atoms with Crippen molar-refractivity contribution >= 4 is 6.29 Å². The van der Waals surface area contributed by atoms with E-state index in [1.807, 2.05) is 24.3 Å². The van der Waals surface area contributed by atoms with Gasteiger partial charge in [-0.15, -0.1) is 0 Å². The Morgan fingerprint density at radius 2 is 1.73 bits per heavy atom. The van der Waals surface area contributed by atoms with Gasteiger partial charge in [0.2, 0.25) is 0 Å². The number of hydrogen-bond donors (Lipinski definition) is 1. The Labute approximate surface area is 147 Å².